The van der Waals surface area contributed by atoms with Crippen LogP contribution in [0.15, 0.2) is 42.5 Å². The number of ether oxygens (including phenoxy) is 1. The molecule has 0 spiro atoms. The van der Waals surface area contributed by atoms with Crippen molar-refractivity contribution >= 4 is 0 Å². The molecule has 2 aromatic rings. The summed E-state index contributed by atoms with van der Waals surface area (Å²) in [7, 11) is 2.22. The number of rotatable bonds is 0. The minimum atomic E-state index is 0.540. The van der Waals surface area contributed by atoms with E-state index >= 15 is 0 Å². The molecule has 0 N–H and O–H groups in total. The van der Waals surface area contributed by atoms with Crippen LogP contribution < -0.4 is 4.74 Å². The van der Waals surface area contributed by atoms with Crippen molar-refractivity contribution < 1.29 is 4.74 Å². The molecule has 0 unspecified atom stereocenters. The molecule has 2 aliphatic heterocycles. The summed E-state index contributed by atoms with van der Waals surface area (Å²) >= 11 is 0. The lowest BCUT2D eigenvalue weighted by Gasteiger charge is -2.17. The van der Waals surface area contributed by atoms with Crippen LogP contribution in [-0.4, -0.2) is 25.0 Å². The summed E-state index contributed by atoms with van der Waals surface area (Å²) in [5, 5.41) is 0. The largest absolute Gasteiger partial charge is 0.457 e. The van der Waals surface area contributed by atoms with Crippen molar-refractivity contribution in [1.29, 1.82) is 0 Å². The van der Waals surface area contributed by atoms with Gasteiger partial charge in [-0.15, -0.1) is 0 Å². The van der Waals surface area contributed by atoms with Crippen molar-refractivity contribution in [2.24, 2.45) is 0 Å². The van der Waals surface area contributed by atoms with E-state index in [9.17, 15) is 0 Å². The molecule has 20 heavy (non-hydrogen) atoms. The van der Waals surface area contributed by atoms with Crippen LogP contribution >= 0.6 is 0 Å². The smallest absolute Gasteiger partial charge is 0.131 e. The SMILES string of the molecule is Cc1ccc2c(c1)[C@@H]1CN(C)C[C@H]1c1ccccc1O2. The number of hydrogen-bond donors (Lipinski definition) is 0. The molecule has 2 nitrogen and oxygen atoms in total. The first-order chi connectivity index (χ1) is 9.72. The second-order valence-electron chi connectivity index (χ2n) is 6.12. The molecule has 0 aromatic heterocycles. The Morgan fingerprint density at radius 1 is 0.950 bits per heavy atom. The van der Waals surface area contributed by atoms with E-state index in [1.807, 2.05) is 0 Å². The van der Waals surface area contributed by atoms with Crippen LogP contribution in [0.3, 0.4) is 0 Å². The fraction of sp³-hybridized carbons (Fsp3) is 0.333. The van der Waals surface area contributed by atoms with Gasteiger partial charge in [0.05, 0.1) is 0 Å². The quantitative estimate of drug-likeness (QED) is 0.716. The van der Waals surface area contributed by atoms with E-state index in [-0.39, 0.29) is 0 Å². The fourth-order valence-corrected chi connectivity index (χ4v) is 3.68. The van der Waals surface area contributed by atoms with E-state index in [0.29, 0.717) is 11.8 Å². The first-order valence-electron chi connectivity index (χ1n) is 7.28. The molecular formula is C18H19NO. The Morgan fingerprint density at radius 3 is 2.50 bits per heavy atom. The summed E-state index contributed by atoms with van der Waals surface area (Å²) in [5.74, 6) is 3.14. The van der Waals surface area contributed by atoms with Crippen LogP contribution in [0.25, 0.3) is 0 Å². The van der Waals surface area contributed by atoms with Crippen molar-refractivity contribution in [3.8, 4) is 11.5 Å². The average molecular weight is 265 g/mol. The van der Waals surface area contributed by atoms with E-state index in [2.05, 4.69) is 61.3 Å². The summed E-state index contributed by atoms with van der Waals surface area (Å²) in [5.41, 5.74) is 4.04. The van der Waals surface area contributed by atoms with Gasteiger partial charge in [0.25, 0.3) is 0 Å². The van der Waals surface area contributed by atoms with E-state index < -0.39 is 0 Å². The molecule has 1 fully saturated rings. The third-order valence-corrected chi connectivity index (χ3v) is 4.61. The third-order valence-electron chi connectivity index (χ3n) is 4.61. The maximum absolute atomic E-state index is 6.21. The highest BCUT2D eigenvalue weighted by Crippen LogP contribution is 2.49. The van der Waals surface area contributed by atoms with Crippen LogP contribution in [0.4, 0.5) is 0 Å². The van der Waals surface area contributed by atoms with E-state index in [1.165, 1.54) is 16.7 Å². The van der Waals surface area contributed by atoms with Gasteiger partial charge in [0.15, 0.2) is 0 Å². The van der Waals surface area contributed by atoms with Gasteiger partial charge in [-0.2, -0.15) is 0 Å². The lowest BCUT2D eigenvalue weighted by atomic mass is 9.84. The number of nitrogens with zero attached hydrogens (tertiary/aromatic N) is 1. The van der Waals surface area contributed by atoms with Crippen molar-refractivity contribution in [2.75, 3.05) is 20.1 Å². The van der Waals surface area contributed by atoms with Crippen molar-refractivity contribution in [3.63, 3.8) is 0 Å². The second kappa shape index (κ2) is 4.35. The van der Waals surface area contributed by atoms with Gasteiger partial charge in [-0.05, 0) is 31.7 Å². The molecule has 2 heterocycles. The van der Waals surface area contributed by atoms with Gasteiger partial charge in [0, 0.05) is 30.5 Å². The number of likely N-dealkylation sites (tertiary alicyclic amines) is 1. The van der Waals surface area contributed by atoms with E-state index in [4.69, 9.17) is 4.74 Å². The monoisotopic (exact) mass is 265 g/mol. The zero-order chi connectivity index (χ0) is 13.7. The highest BCUT2D eigenvalue weighted by atomic mass is 16.5. The summed E-state index contributed by atoms with van der Waals surface area (Å²) < 4.78 is 6.21. The van der Waals surface area contributed by atoms with Gasteiger partial charge in [-0.25, -0.2) is 0 Å². The molecule has 2 aromatic carbocycles. The summed E-state index contributed by atoms with van der Waals surface area (Å²) in [4.78, 5) is 2.43. The molecule has 0 bridgehead atoms. The lowest BCUT2D eigenvalue weighted by molar-refractivity contribution is 0.401. The van der Waals surface area contributed by atoms with Crippen LogP contribution in [0.5, 0.6) is 11.5 Å². The van der Waals surface area contributed by atoms with Crippen molar-refractivity contribution in [2.45, 2.75) is 18.8 Å². The molecule has 4 rings (SSSR count). The normalized spacial score (nSPS) is 24.3. The maximum Gasteiger partial charge on any atom is 0.131 e. The Labute approximate surface area is 120 Å². The summed E-state index contributed by atoms with van der Waals surface area (Å²) in [6.45, 7) is 4.38. The Balaban J connectivity index is 1.93. The number of hydrogen-bond acceptors (Lipinski definition) is 2. The molecule has 2 aliphatic rings. The molecule has 2 heteroatoms. The molecule has 0 amide bonds. The number of aryl methyl sites for hydroxylation is 1. The zero-order valence-electron chi connectivity index (χ0n) is 12.0. The van der Waals surface area contributed by atoms with Gasteiger partial charge in [-0.3, -0.25) is 0 Å². The number of benzene rings is 2. The molecular weight excluding hydrogens is 246 g/mol. The lowest BCUT2D eigenvalue weighted by Crippen LogP contribution is -2.14. The fourth-order valence-electron chi connectivity index (χ4n) is 3.68. The Bertz CT molecular complexity index is 664. The maximum atomic E-state index is 6.21. The van der Waals surface area contributed by atoms with Crippen LogP contribution in [0, 0.1) is 6.92 Å². The highest BCUT2D eigenvalue weighted by molar-refractivity contribution is 5.51. The Morgan fingerprint density at radius 2 is 1.65 bits per heavy atom. The van der Waals surface area contributed by atoms with Crippen LogP contribution in [0.2, 0.25) is 0 Å². The molecule has 1 saturated heterocycles. The zero-order valence-corrected chi connectivity index (χ0v) is 12.0. The number of likely N-dealkylation sites (N-methyl/N-ethyl adjacent to an activating group) is 1. The van der Waals surface area contributed by atoms with Crippen molar-refractivity contribution in [1.82, 2.24) is 4.90 Å². The first-order valence-corrected chi connectivity index (χ1v) is 7.28. The van der Waals surface area contributed by atoms with Crippen LogP contribution in [0.1, 0.15) is 28.5 Å². The first kappa shape index (κ1) is 12.0. The van der Waals surface area contributed by atoms with E-state index in [1.54, 1.807) is 0 Å². The van der Waals surface area contributed by atoms with Crippen LogP contribution in [-0.2, 0) is 0 Å². The highest BCUT2D eigenvalue weighted by Gasteiger charge is 2.38. The Hall–Kier alpha value is -1.80. The molecule has 0 radical (unpaired) electrons. The third kappa shape index (κ3) is 1.75. The second-order valence-corrected chi connectivity index (χ2v) is 6.12. The molecule has 0 saturated carbocycles. The topological polar surface area (TPSA) is 12.5 Å². The standard InChI is InChI=1S/C18H19NO/c1-12-7-8-18-14(9-12)16-11-19(2)10-15(16)13-5-3-4-6-17(13)20-18/h3-9,15-16H,10-11H2,1-2H3/t15-,16-/m0/s1. The minimum Gasteiger partial charge on any atom is -0.457 e. The molecule has 2 atom stereocenters. The predicted octanol–water partition coefficient (Wildman–Crippen LogP) is 3.91. The van der Waals surface area contributed by atoms with Gasteiger partial charge in [0.1, 0.15) is 11.5 Å². The van der Waals surface area contributed by atoms with Gasteiger partial charge in [-0.1, -0.05) is 35.9 Å². The Kier molecular flexibility index (Phi) is 2.61. The van der Waals surface area contributed by atoms with Gasteiger partial charge >= 0.3 is 0 Å². The van der Waals surface area contributed by atoms with E-state index in [0.717, 1.165) is 24.6 Å². The molecule has 0 aliphatic carbocycles. The van der Waals surface area contributed by atoms with Gasteiger partial charge < -0.3 is 9.64 Å². The number of fused-ring (bicyclic) bond motifs is 5. The summed E-state index contributed by atoms with van der Waals surface area (Å²) in [6, 6.07) is 15.1. The number of para-hydroxylation sites is 1. The van der Waals surface area contributed by atoms with Crippen molar-refractivity contribution in [3.05, 3.63) is 59.2 Å². The minimum absolute atomic E-state index is 0.540. The average Bonchev–Trinajstić information content (AvgIpc) is 2.78. The summed E-state index contributed by atoms with van der Waals surface area (Å²) in [6.07, 6.45) is 0. The predicted molar refractivity (Wildman–Crippen MR) is 80.7 cm³/mol. The molecule has 102 valence electrons. The van der Waals surface area contributed by atoms with Gasteiger partial charge in [0.2, 0.25) is 0 Å².